The summed E-state index contributed by atoms with van der Waals surface area (Å²) in [5, 5.41) is 14.3. The molecular formula is C18H12Cl2N2O5. The van der Waals surface area contributed by atoms with E-state index in [1.165, 1.54) is 6.07 Å². The van der Waals surface area contributed by atoms with Gasteiger partial charge in [0.05, 0.1) is 16.5 Å². The van der Waals surface area contributed by atoms with Crippen molar-refractivity contribution in [2.24, 2.45) is 5.92 Å². The van der Waals surface area contributed by atoms with Gasteiger partial charge >= 0.3 is 0 Å². The number of Topliss-reactive ketones (excluding diaryl/α,β-unsaturated/α-hetero) is 2. The summed E-state index contributed by atoms with van der Waals surface area (Å²) in [4.78, 5) is 48.1. The Kier molecular flexibility index (Phi) is 5.25. The van der Waals surface area contributed by atoms with E-state index < -0.39 is 40.0 Å². The highest BCUT2D eigenvalue weighted by molar-refractivity contribution is 6.31. The topological polar surface area (TPSA) is 106 Å². The predicted molar refractivity (Wildman–Crippen MR) is 97.9 cm³/mol. The summed E-state index contributed by atoms with van der Waals surface area (Å²) in [5.41, 5.74) is -0.253. The Morgan fingerprint density at radius 2 is 1.81 bits per heavy atom. The van der Waals surface area contributed by atoms with Gasteiger partial charge in [-0.25, -0.2) is 0 Å². The first-order chi connectivity index (χ1) is 12.8. The molecule has 0 radical (unpaired) electrons. The van der Waals surface area contributed by atoms with Crippen molar-refractivity contribution < 1.29 is 19.3 Å². The number of nitro groups is 1. The van der Waals surface area contributed by atoms with Gasteiger partial charge in [0, 0.05) is 22.5 Å². The zero-order valence-corrected chi connectivity index (χ0v) is 15.2. The average molecular weight is 407 g/mol. The third-order valence-corrected chi connectivity index (χ3v) is 4.71. The second-order valence-electron chi connectivity index (χ2n) is 6.00. The van der Waals surface area contributed by atoms with Gasteiger partial charge in [-0.05, 0) is 29.8 Å². The number of piperidine rings is 1. The lowest BCUT2D eigenvalue weighted by Crippen LogP contribution is -2.48. The molecule has 1 fully saturated rings. The maximum Gasteiger partial charge on any atom is 0.281 e. The van der Waals surface area contributed by atoms with Crippen LogP contribution in [0.5, 0.6) is 0 Å². The summed E-state index contributed by atoms with van der Waals surface area (Å²) in [6.07, 6.45) is -0.121. The summed E-state index contributed by atoms with van der Waals surface area (Å²) < 4.78 is 0. The monoisotopic (exact) mass is 406 g/mol. The van der Waals surface area contributed by atoms with Gasteiger partial charge < -0.3 is 5.32 Å². The molecule has 3 rings (SSSR count). The maximum atomic E-state index is 12.7. The summed E-state index contributed by atoms with van der Waals surface area (Å²) in [6.45, 7) is 0. The SMILES string of the molecule is O=C1CC(c2cccc(Cl)c2)NC(=O)C1C(=O)c1ccc(Cl)cc1[N+](=O)[O-]. The van der Waals surface area contributed by atoms with Gasteiger partial charge in [0.1, 0.15) is 0 Å². The van der Waals surface area contributed by atoms with Crippen molar-refractivity contribution >= 4 is 46.4 Å². The summed E-state index contributed by atoms with van der Waals surface area (Å²) >= 11 is 11.7. The summed E-state index contributed by atoms with van der Waals surface area (Å²) in [5.74, 6) is -3.98. The molecule has 1 aliphatic rings. The quantitative estimate of drug-likeness (QED) is 0.361. The average Bonchev–Trinajstić information content (AvgIpc) is 2.60. The van der Waals surface area contributed by atoms with Crippen molar-refractivity contribution in [3.05, 3.63) is 73.8 Å². The van der Waals surface area contributed by atoms with Crippen LogP contribution in [0.3, 0.4) is 0 Å². The number of nitrogens with zero attached hydrogens (tertiary/aromatic N) is 1. The molecule has 1 N–H and O–H groups in total. The number of hydrogen-bond donors (Lipinski definition) is 1. The van der Waals surface area contributed by atoms with Crippen LogP contribution in [0.15, 0.2) is 42.5 Å². The number of carbonyl (C=O) groups excluding carboxylic acids is 3. The molecule has 1 heterocycles. The van der Waals surface area contributed by atoms with E-state index in [4.69, 9.17) is 23.2 Å². The maximum absolute atomic E-state index is 12.7. The minimum absolute atomic E-state index is 0.0682. The Balaban J connectivity index is 1.89. The van der Waals surface area contributed by atoms with E-state index in [1.807, 2.05) is 0 Å². The third-order valence-electron chi connectivity index (χ3n) is 4.24. The number of carbonyl (C=O) groups is 3. The third kappa shape index (κ3) is 3.84. The summed E-state index contributed by atoms with van der Waals surface area (Å²) in [7, 11) is 0. The van der Waals surface area contributed by atoms with Gasteiger partial charge in [-0.15, -0.1) is 0 Å². The van der Waals surface area contributed by atoms with Crippen LogP contribution in [0.4, 0.5) is 5.69 Å². The number of halogens is 2. The van der Waals surface area contributed by atoms with E-state index in [0.717, 1.165) is 12.1 Å². The molecule has 1 amide bonds. The van der Waals surface area contributed by atoms with E-state index in [-0.39, 0.29) is 17.0 Å². The Morgan fingerprint density at radius 1 is 1.11 bits per heavy atom. The molecule has 0 saturated carbocycles. The first kappa shape index (κ1) is 19.0. The van der Waals surface area contributed by atoms with E-state index in [2.05, 4.69) is 5.32 Å². The molecule has 2 atom stereocenters. The molecule has 9 heteroatoms. The molecule has 138 valence electrons. The van der Waals surface area contributed by atoms with E-state index in [9.17, 15) is 24.5 Å². The molecule has 0 bridgehead atoms. The number of nitrogens with one attached hydrogen (secondary N) is 1. The minimum atomic E-state index is -1.64. The number of hydrogen-bond acceptors (Lipinski definition) is 5. The fourth-order valence-corrected chi connectivity index (χ4v) is 3.35. The normalized spacial score (nSPS) is 19.5. The van der Waals surface area contributed by atoms with Gasteiger partial charge in [-0.1, -0.05) is 35.3 Å². The highest BCUT2D eigenvalue weighted by Gasteiger charge is 2.42. The van der Waals surface area contributed by atoms with Gasteiger partial charge in [-0.2, -0.15) is 0 Å². The van der Waals surface area contributed by atoms with Gasteiger partial charge in [0.15, 0.2) is 17.5 Å². The van der Waals surface area contributed by atoms with Crippen LogP contribution in [-0.2, 0) is 9.59 Å². The molecular weight excluding hydrogens is 395 g/mol. The van der Waals surface area contributed by atoms with Crippen molar-refractivity contribution in [3.63, 3.8) is 0 Å². The Bertz CT molecular complexity index is 958. The lowest BCUT2D eigenvalue weighted by atomic mass is 9.84. The second-order valence-corrected chi connectivity index (χ2v) is 6.88. The molecule has 0 aromatic heterocycles. The van der Waals surface area contributed by atoms with Gasteiger partial charge in [-0.3, -0.25) is 24.5 Å². The molecule has 2 aromatic carbocycles. The fraction of sp³-hybridized carbons (Fsp3) is 0.167. The van der Waals surface area contributed by atoms with Crippen LogP contribution < -0.4 is 5.32 Å². The van der Waals surface area contributed by atoms with Gasteiger partial charge in [0.25, 0.3) is 5.69 Å². The van der Waals surface area contributed by atoms with Crippen LogP contribution in [0.1, 0.15) is 28.4 Å². The van der Waals surface area contributed by atoms with Crippen LogP contribution in [0.2, 0.25) is 10.0 Å². The van der Waals surface area contributed by atoms with Crippen LogP contribution >= 0.6 is 23.2 Å². The van der Waals surface area contributed by atoms with Crippen molar-refractivity contribution in [3.8, 4) is 0 Å². The van der Waals surface area contributed by atoms with E-state index in [0.29, 0.717) is 10.6 Å². The number of amides is 1. The highest BCUT2D eigenvalue weighted by atomic mass is 35.5. The van der Waals surface area contributed by atoms with Crippen LogP contribution in [0.25, 0.3) is 0 Å². The number of benzene rings is 2. The van der Waals surface area contributed by atoms with Crippen molar-refractivity contribution in [2.75, 3.05) is 0 Å². The van der Waals surface area contributed by atoms with Crippen molar-refractivity contribution in [1.29, 1.82) is 0 Å². The summed E-state index contributed by atoms with van der Waals surface area (Å²) in [6, 6.07) is 9.49. The number of ketones is 2. The van der Waals surface area contributed by atoms with Crippen LogP contribution in [-0.4, -0.2) is 22.4 Å². The Labute approximate surface area is 163 Å². The lowest BCUT2D eigenvalue weighted by Gasteiger charge is -2.27. The largest absolute Gasteiger partial charge is 0.348 e. The molecule has 27 heavy (non-hydrogen) atoms. The molecule has 2 aromatic rings. The molecule has 0 aliphatic carbocycles. The zero-order valence-electron chi connectivity index (χ0n) is 13.6. The highest BCUT2D eigenvalue weighted by Crippen LogP contribution is 2.30. The predicted octanol–water partition coefficient (Wildman–Crippen LogP) is 3.53. The molecule has 1 aliphatic heterocycles. The molecule has 2 unspecified atom stereocenters. The number of nitro benzene ring substituents is 1. The van der Waals surface area contributed by atoms with Gasteiger partial charge in [0.2, 0.25) is 5.91 Å². The lowest BCUT2D eigenvalue weighted by molar-refractivity contribution is -0.385. The van der Waals surface area contributed by atoms with E-state index >= 15 is 0 Å². The first-order valence-electron chi connectivity index (χ1n) is 7.84. The fourth-order valence-electron chi connectivity index (χ4n) is 2.98. The molecule has 0 spiro atoms. The first-order valence-corrected chi connectivity index (χ1v) is 8.60. The van der Waals surface area contributed by atoms with Crippen LogP contribution in [0, 0.1) is 16.0 Å². The number of rotatable bonds is 4. The zero-order chi connectivity index (χ0) is 19.7. The smallest absolute Gasteiger partial charge is 0.281 e. The molecule has 1 saturated heterocycles. The minimum Gasteiger partial charge on any atom is -0.348 e. The Hall–Kier alpha value is -2.77. The second kappa shape index (κ2) is 7.46. The van der Waals surface area contributed by atoms with Crippen molar-refractivity contribution in [2.45, 2.75) is 12.5 Å². The van der Waals surface area contributed by atoms with Crippen molar-refractivity contribution in [1.82, 2.24) is 5.32 Å². The Morgan fingerprint density at radius 3 is 2.44 bits per heavy atom. The standard InChI is InChI=1S/C18H12Cl2N2O5/c19-10-3-1-2-9(6-10)13-8-15(23)16(18(25)21-13)17(24)12-5-4-11(20)7-14(12)22(26)27/h1-7,13,16H,8H2,(H,21,25). The molecule has 7 nitrogen and oxygen atoms in total. The van der Waals surface area contributed by atoms with E-state index in [1.54, 1.807) is 24.3 Å².